The van der Waals surface area contributed by atoms with Gasteiger partial charge in [0.05, 0.1) is 0 Å². The quantitative estimate of drug-likeness (QED) is 0.851. The van der Waals surface area contributed by atoms with Gasteiger partial charge in [-0.25, -0.2) is 0 Å². The maximum Gasteiger partial charge on any atom is 0.271 e. The lowest BCUT2D eigenvalue weighted by Gasteiger charge is -2.04. The van der Waals surface area contributed by atoms with Gasteiger partial charge in [-0.1, -0.05) is 15.9 Å². The first kappa shape index (κ1) is 13.0. The first-order valence-corrected chi connectivity index (χ1v) is 6.60. The van der Waals surface area contributed by atoms with Crippen LogP contribution in [0.2, 0.25) is 0 Å². The SMILES string of the molecule is O=C(Nc1cc(Br)c[nH]c1=O)c1ccc(Br)cc1. The molecule has 4 nitrogen and oxygen atoms in total. The standard InChI is InChI=1S/C12H8Br2N2O2/c13-8-3-1-7(2-4-8)11(17)16-10-5-9(14)6-15-12(10)18/h1-6H,(H,15,18)(H,16,17). The van der Waals surface area contributed by atoms with Gasteiger partial charge in [0.1, 0.15) is 5.69 Å². The molecule has 0 aliphatic carbocycles. The van der Waals surface area contributed by atoms with E-state index < -0.39 is 0 Å². The van der Waals surface area contributed by atoms with Crippen LogP contribution in [0.4, 0.5) is 5.69 Å². The molecular weight excluding hydrogens is 364 g/mol. The fraction of sp³-hybridized carbons (Fsp3) is 0. The molecule has 0 bridgehead atoms. The molecule has 0 spiro atoms. The highest BCUT2D eigenvalue weighted by Gasteiger charge is 2.08. The molecule has 1 aromatic heterocycles. The highest BCUT2D eigenvalue weighted by Crippen LogP contribution is 2.13. The molecule has 0 aliphatic heterocycles. The van der Waals surface area contributed by atoms with E-state index in [2.05, 4.69) is 42.2 Å². The zero-order chi connectivity index (χ0) is 13.1. The molecule has 2 aromatic rings. The van der Waals surface area contributed by atoms with E-state index >= 15 is 0 Å². The summed E-state index contributed by atoms with van der Waals surface area (Å²) in [6.07, 6.45) is 1.51. The Bertz CT molecular complexity index is 635. The van der Waals surface area contributed by atoms with Crippen LogP contribution in [0.25, 0.3) is 0 Å². The number of pyridine rings is 1. The van der Waals surface area contributed by atoms with E-state index in [9.17, 15) is 9.59 Å². The number of aromatic amines is 1. The molecule has 0 saturated carbocycles. The zero-order valence-corrected chi connectivity index (χ0v) is 12.2. The highest BCUT2D eigenvalue weighted by molar-refractivity contribution is 9.10. The molecule has 0 fully saturated rings. The van der Waals surface area contributed by atoms with Gasteiger partial charge in [0, 0.05) is 20.7 Å². The van der Waals surface area contributed by atoms with Crippen molar-refractivity contribution in [3.63, 3.8) is 0 Å². The Labute approximate surface area is 120 Å². The Hall–Kier alpha value is -1.40. The molecule has 0 aliphatic rings. The second-order valence-electron chi connectivity index (χ2n) is 3.52. The number of aromatic nitrogens is 1. The van der Waals surface area contributed by atoms with Gasteiger partial charge in [0.2, 0.25) is 0 Å². The minimum Gasteiger partial charge on any atom is -0.326 e. The van der Waals surface area contributed by atoms with Crippen LogP contribution in [0.3, 0.4) is 0 Å². The van der Waals surface area contributed by atoms with Crippen molar-refractivity contribution in [2.75, 3.05) is 5.32 Å². The molecule has 1 heterocycles. The molecule has 0 radical (unpaired) electrons. The van der Waals surface area contributed by atoms with E-state index in [0.29, 0.717) is 10.0 Å². The van der Waals surface area contributed by atoms with Crippen LogP contribution in [-0.2, 0) is 0 Å². The number of carbonyl (C=O) groups is 1. The van der Waals surface area contributed by atoms with Crippen LogP contribution in [0, 0.1) is 0 Å². The summed E-state index contributed by atoms with van der Waals surface area (Å²) in [5.74, 6) is -0.328. The number of anilines is 1. The molecule has 1 amide bonds. The maximum atomic E-state index is 11.9. The molecule has 0 atom stereocenters. The van der Waals surface area contributed by atoms with Crippen molar-refractivity contribution in [1.29, 1.82) is 0 Å². The van der Waals surface area contributed by atoms with Gasteiger partial charge in [0.25, 0.3) is 11.5 Å². The largest absolute Gasteiger partial charge is 0.326 e. The van der Waals surface area contributed by atoms with Crippen molar-refractivity contribution in [1.82, 2.24) is 4.98 Å². The Balaban J connectivity index is 2.24. The average Bonchev–Trinajstić information content (AvgIpc) is 2.34. The first-order valence-electron chi connectivity index (χ1n) is 5.01. The molecular formula is C12H8Br2N2O2. The van der Waals surface area contributed by atoms with Crippen molar-refractivity contribution in [2.45, 2.75) is 0 Å². The van der Waals surface area contributed by atoms with Gasteiger partial charge in [-0.2, -0.15) is 0 Å². The van der Waals surface area contributed by atoms with E-state index in [4.69, 9.17) is 0 Å². The Morgan fingerprint density at radius 3 is 2.44 bits per heavy atom. The summed E-state index contributed by atoms with van der Waals surface area (Å²) < 4.78 is 1.58. The number of H-pyrrole nitrogens is 1. The van der Waals surface area contributed by atoms with E-state index in [1.165, 1.54) is 6.20 Å². The molecule has 0 unspecified atom stereocenters. The molecule has 6 heteroatoms. The zero-order valence-electron chi connectivity index (χ0n) is 9.04. The van der Waals surface area contributed by atoms with Crippen LogP contribution in [0.1, 0.15) is 10.4 Å². The third-order valence-corrected chi connectivity index (χ3v) is 3.21. The minimum atomic E-state index is -0.344. The molecule has 2 rings (SSSR count). The fourth-order valence-electron chi connectivity index (χ4n) is 1.35. The Kier molecular flexibility index (Phi) is 3.98. The number of amides is 1. The van der Waals surface area contributed by atoms with E-state index in [1.807, 2.05) is 0 Å². The molecule has 92 valence electrons. The van der Waals surface area contributed by atoms with Crippen LogP contribution < -0.4 is 10.9 Å². The Morgan fingerprint density at radius 2 is 1.78 bits per heavy atom. The lowest BCUT2D eigenvalue weighted by molar-refractivity contribution is 0.102. The third kappa shape index (κ3) is 3.08. The van der Waals surface area contributed by atoms with Gasteiger partial charge in [-0.3, -0.25) is 9.59 Å². The summed E-state index contributed by atoms with van der Waals surface area (Å²) in [4.78, 5) is 25.9. The highest BCUT2D eigenvalue weighted by atomic mass is 79.9. The van der Waals surface area contributed by atoms with Crippen LogP contribution in [-0.4, -0.2) is 10.9 Å². The number of hydrogen-bond donors (Lipinski definition) is 2. The van der Waals surface area contributed by atoms with Crippen molar-refractivity contribution in [3.05, 3.63) is 61.4 Å². The van der Waals surface area contributed by atoms with Crippen molar-refractivity contribution < 1.29 is 4.79 Å². The fourth-order valence-corrected chi connectivity index (χ4v) is 1.95. The summed E-state index contributed by atoms with van der Waals surface area (Å²) in [7, 11) is 0. The summed E-state index contributed by atoms with van der Waals surface area (Å²) in [6.45, 7) is 0. The first-order chi connectivity index (χ1) is 8.56. The van der Waals surface area contributed by atoms with Crippen molar-refractivity contribution in [3.8, 4) is 0 Å². The van der Waals surface area contributed by atoms with Gasteiger partial charge in [-0.05, 0) is 46.3 Å². The predicted molar refractivity (Wildman–Crippen MR) is 76.9 cm³/mol. The number of nitrogens with one attached hydrogen (secondary N) is 2. The second-order valence-corrected chi connectivity index (χ2v) is 5.35. The lowest BCUT2D eigenvalue weighted by atomic mass is 10.2. The average molecular weight is 372 g/mol. The van der Waals surface area contributed by atoms with Gasteiger partial charge in [0.15, 0.2) is 0 Å². The summed E-state index contributed by atoms with van der Waals surface area (Å²) in [5.41, 5.74) is 0.346. The number of hydrogen-bond acceptors (Lipinski definition) is 2. The van der Waals surface area contributed by atoms with Crippen LogP contribution >= 0.6 is 31.9 Å². The predicted octanol–water partition coefficient (Wildman–Crippen LogP) is 3.15. The maximum absolute atomic E-state index is 11.9. The van der Waals surface area contributed by atoms with Crippen LogP contribution in [0.5, 0.6) is 0 Å². The van der Waals surface area contributed by atoms with Crippen LogP contribution in [0.15, 0.2) is 50.3 Å². The molecule has 1 aromatic carbocycles. The topological polar surface area (TPSA) is 62.0 Å². The van der Waals surface area contributed by atoms with Crippen molar-refractivity contribution >= 4 is 43.5 Å². The smallest absolute Gasteiger partial charge is 0.271 e. The van der Waals surface area contributed by atoms with E-state index in [0.717, 1.165) is 4.47 Å². The van der Waals surface area contributed by atoms with E-state index in [-0.39, 0.29) is 17.2 Å². The minimum absolute atomic E-state index is 0.206. The Morgan fingerprint density at radius 1 is 1.11 bits per heavy atom. The van der Waals surface area contributed by atoms with Gasteiger partial charge < -0.3 is 10.3 Å². The van der Waals surface area contributed by atoms with Crippen molar-refractivity contribution in [2.24, 2.45) is 0 Å². The number of rotatable bonds is 2. The second kappa shape index (κ2) is 5.49. The number of benzene rings is 1. The monoisotopic (exact) mass is 370 g/mol. The van der Waals surface area contributed by atoms with Gasteiger partial charge >= 0.3 is 0 Å². The summed E-state index contributed by atoms with van der Waals surface area (Å²) in [5, 5.41) is 2.56. The lowest BCUT2D eigenvalue weighted by Crippen LogP contribution is -2.19. The molecule has 2 N–H and O–H groups in total. The molecule has 18 heavy (non-hydrogen) atoms. The molecule has 0 saturated heterocycles. The van der Waals surface area contributed by atoms with Gasteiger partial charge in [-0.15, -0.1) is 0 Å². The third-order valence-electron chi connectivity index (χ3n) is 2.22. The normalized spacial score (nSPS) is 10.1. The number of carbonyl (C=O) groups excluding carboxylic acids is 1. The van der Waals surface area contributed by atoms with E-state index in [1.54, 1.807) is 30.3 Å². The number of halogens is 2. The summed E-state index contributed by atoms with van der Waals surface area (Å²) >= 11 is 6.51. The summed E-state index contributed by atoms with van der Waals surface area (Å²) in [6, 6.07) is 8.42.